The van der Waals surface area contributed by atoms with Crippen LogP contribution in [0.1, 0.15) is 32.1 Å². The van der Waals surface area contributed by atoms with Gasteiger partial charge in [-0.05, 0) is 43.7 Å². The minimum absolute atomic E-state index is 0.0308. The number of rotatable bonds is 6. The van der Waals surface area contributed by atoms with Crippen LogP contribution in [0.5, 0.6) is 0 Å². The molecule has 1 aromatic carbocycles. The topological polar surface area (TPSA) is 92.5 Å². The number of nitrogens with one attached hydrogen (secondary N) is 1. The molecule has 0 bridgehead atoms. The Hall–Kier alpha value is -1.44. The van der Waals surface area contributed by atoms with Crippen molar-refractivity contribution in [3.05, 3.63) is 30.3 Å². The number of hydrogen-bond acceptors (Lipinski definition) is 4. The highest BCUT2D eigenvalue weighted by atomic mass is 32.2. The monoisotopic (exact) mass is 351 g/mol. The van der Waals surface area contributed by atoms with E-state index in [2.05, 4.69) is 5.32 Å². The van der Waals surface area contributed by atoms with Gasteiger partial charge < -0.3 is 11.1 Å². The molecule has 1 saturated carbocycles. The molecule has 3 N–H and O–H groups in total. The van der Waals surface area contributed by atoms with Crippen molar-refractivity contribution in [2.75, 3.05) is 13.1 Å². The molecule has 2 aliphatic rings. The summed E-state index contributed by atoms with van der Waals surface area (Å²) < 4.78 is 27.1. The zero-order chi connectivity index (χ0) is 17.2. The molecule has 3 rings (SSSR count). The van der Waals surface area contributed by atoms with Gasteiger partial charge >= 0.3 is 0 Å². The molecule has 2 unspecified atom stereocenters. The zero-order valence-corrected chi connectivity index (χ0v) is 14.5. The van der Waals surface area contributed by atoms with Crippen LogP contribution in [0.4, 0.5) is 0 Å². The third-order valence-electron chi connectivity index (χ3n) is 4.85. The molecule has 1 aromatic rings. The molecule has 1 aliphatic heterocycles. The molecule has 1 amide bonds. The van der Waals surface area contributed by atoms with E-state index < -0.39 is 16.1 Å². The van der Waals surface area contributed by atoms with Crippen molar-refractivity contribution in [3.63, 3.8) is 0 Å². The molecule has 7 heteroatoms. The van der Waals surface area contributed by atoms with Gasteiger partial charge in [0, 0.05) is 19.1 Å². The molecule has 6 nitrogen and oxygen atoms in total. The van der Waals surface area contributed by atoms with Gasteiger partial charge in [0.05, 0.1) is 4.90 Å². The van der Waals surface area contributed by atoms with Crippen molar-refractivity contribution in [2.24, 2.45) is 11.7 Å². The Balaban J connectivity index is 1.71. The maximum atomic E-state index is 12.9. The zero-order valence-electron chi connectivity index (χ0n) is 13.7. The fourth-order valence-corrected chi connectivity index (χ4v) is 4.89. The Morgan fingerprint density at radius 3 is 2.58 bits per heavy atom. The summed E-state index contributed by atoms with van der Waals surface area (Å²) in [7, 11) is -3.66. The lowest BCUT2D eigenvalue weighted by molar-refractivity contribution is -0.125. The molecule has 1 aliphatic carbocycles. The number of sulfonamides is 1. The van der Waals surface area contributed by atoms with Crippen molar-refractivity contribution in [1.29, 1.82) is 0 Å². The van der Waals surface area contributed by atoms with Gasteiger partial charge in [0.2, 0.25) is 15.9 Å². The highest BCUT2D eigenvalue weighted by Gasteiger charge is 2.38. The Morgan fingerprint density at radius 2 is 1.92 bits per heavy atom. The number of amides is 1. The fourth-order valence-electron chi connectivity index (χ4n) is 3.21. The molecule has 2 fully saturated rings. The summed E-state index contributed by atoms with van der Waals surface area (Å²) in [5.41, 5.74) is 6.02. The third kappa shape index (κ3) is 3.79. The second-order valence-corrected chi connectivity index (χ2v) is 8.58. The first kappa shape index (κ1) is 17.4. The van der Waals surface area contributed by atoms with Gasteiger partial charge in [0.15, 0.2) is 0 Å². The van der Waals surface area contributed by atoms with Crippen LogP contribution in [0.3, 0.4) is 0 Å². The van der Waals surface area contributed by atoms with Crippen molar-refractivity contribution in [1.82, 2.24) is 9.62 Å². The van der Waals surface area contributed by atoms with E-state index in [4.69, 9.17) is 5.73 Å². The number of carbonyl (C=O) groups excluding carboxylic acids is 1. The first-order valence-electron chi connectivity index (χ1n) is 8.60. The van der Waals surface area contributed by atoms with E-state index in [1.165, 1.54) is 4.31 Å². The average molecular weight is 351 g/mol. The van der Waals surface area contributed by atoms with Crippen LogP contribution in [0, 0.1) is 5.92 Å². The SMILES string of the molecule is NC(CNC(=O)C1CCCCN1S(=O)(=O)c1ccccc1)C1CC1. The molecular weight excluding hydrogens is 326 g/mol. The largest absolute Gasteiger partial charge is 0.353 e. The highest BCUT2D eigenvalue weighted by Crippen LogP contribution is 2.31. The first-order chi connectivity index (χ1) is 11.5. The minimum atomic E-state index is -3.66. The van der Waals surface area contributed by atoms with Crippen LogP contribution in [0.15, 0.2) is 35.2 Å². The Bertz CT molecular complexity index is 674. The summed E-state index contributed by atoms with van der Waals surface area (Å²) in [5.74, 6) is 0.270. The lowest BCUT2D eigenvalue weighted by atomic mass is 10.0. The van der Waals surface area contributed by atoms with Crippen molar-refractivity contribution in [2.45, 2.75) is 49.1 Å². The molecular formula is C17H25N3O3S. The summed E-state index contributed by atoms with van der Waals surface area (Å²) in [6, 6.07) is 7.64. The van der Waals surface area contributed by atoms with Gasteiger partial charge in [0.1, 0.15) is 6.04 Å². The maximum Gasteiger partial charge on any atom is 0.243 e. The lowest BCUT2D eigenvalue weighted by Gasteiger charge is -2.33. The molecule has 0 aromatic heterocycles. The van der Waals surface area contributed by atoms with Gasteiger partial charge in [-0.3, -0.25) is 4.79 Å². The Morgan fingerprint density at radius 1 is 1.21 bits per heavy atom. The van der Waals surface area contributed by atoms with Crippen LogP contribution >= 0.6 is 0 Å². The lowest BCUT2D eigenvalue weighted by Crippen LogP contribution is -2.53. The van der Waals surface area contributed by atoms with Gasteiger partial charge in [-0.1, -0.05) is 24.6 Å². The van der Waals surface area contributed by atoms with E-state index in [0.29, 0.717) is 25.4 Å². The quantitative estimate of drug-likeness (QED) is 0.802. The van der Waals surface area contributed by atoms with Gasteiger partial charge in [-0.15, -0.1) is 0 Å². The van der Waals surface area contributed by atoms with Crippen molar-refractivity contribution >= 4 is 15.9 Å². The standard InChI is InChI=1S/C17H25N3O3S/c18-15(13-9-10-13)12-19-17(21)16-8-4-5-11-20(16)24(22,23)14-6-2-1-3-7-14/h1-3,6-7,13,15-16H,4-5,8-12,18H2,(H,19,21). The number of nitrogens with two attached hydrogens (primary N) is 1. The van der Waals surface area contributed by atoms with Gasteiger partial charge in [0.25, 0.3) is 0 Å². The summed E-state index contributed by atoms with van der Waals surface area (Å²) >= 11 is 0. The van der Waals surface area contributed by atoms with E-state index in [1.54, 1.807) is 30.3 Å². The second kappa shape index (κ2) is 7.21. The van der Waals surface area contributed by atoms with Crippen LogP contribution < -0.4 is 11.1 Å². The van der Waals surface area contributed by atoms with E-state index in [1.807, 2.05) is 0 Å². The van der Waals surface area contributed by atoms with Gasteiger partial charge in [-0.2, -0.15) is 4.31 Å². The van der Waals surface area contributed by atoms with Crippen LogP contribution in [-0.4, -0.2) is 43.8 Å². The number of carbonyl (C=O) groups is 1. The smallest absolute Gasteiger partial charge is 0.243 e. The normalized spacial score (nSPS) is 23.6. The molecule has 2 atom stereocenters. The predicted octanol–water partition coefficient (Wildman–Crippen LogP) is 1.08. The van der Waals surface area contributed by atoms with Crippen LogP contribution in [0.2, 0.25) is 0 Å². The molecule has 24 heavy (non-hydrogen) atoms. The van der Waals surface area contributed by atoms with Crippen LogP contribution in [-0.2, 0) is 14.8 Å². The van der Waals surface area contributed by atoms with Crippen molar-refractivity contribution in [3.8, 4) is 0 Å². The summed E-state index contributed by atoms with van der Waals surface area (Å²) in [6.07, 6.45) is 4.42. The average Bonchev–Trinajstić information content (AvgIpc) is 3.45. The fraction of sp³-hybridized carbons (Fsp3) is 0.588. The molecule has 1 heterocycles. The molecule has 132 valence electrons. The number of piperidine rings is 1. The summed E-state index contributed by atoms with van der Waals surface area (Å²) in [4.78, 5) is 12.8. The summed E-state index contributed by atoms with van der Waals surface area (Å²) in [6.45, 7) is 0.795. The second-order valence-electron chi connectivity index (χ2n) is 6.69. The first-order valence-corrected chi connectivity index (χ1v) is 10.0. The number of hydrogen-bond donors (Lipinski definition) is 2. The van der Waals surface area contributed by atoms with E-state index in [9.17, 15) is 13.2 Å². The highest BCUT2D eigenvalue weighted by molar-refractivity contribution is 7.89. The van der Waals surface area contributed by atoms with E-state index in [0.717, 1.165) is 25.7 Å². The Kier molecular flexibility index (Phi) is 5.22. The summed E-state index contributed by atoms with van der Waals surface area (Å²) in [5, 5.41) is 2.86. The van der Waals surface area contributed by atoms with E-state index >= 15 is 0 Å². The molecule has 1 saturated heterocycles. The van der Waals surface area contributed by atoms with Crippen molar-refractivity contribution < 1.29 is 13.2 Å². The number of benzene rings is 1. The number of nitrogens with zero attached hydrogens (tertiary/aromatic N) is 1. The molecule has 0 spiro atoms. The Labute approximate surface area is 143 Å². The maximum absolute atomic E-state index is 12.9. The predicted molar refractivity (Wildman–Crippen MR) is 91.7 cm³/mol. The van der Waals surface area contributed by atoms with Crippen LogP contribution in [0.25, 0.3) is 0 Å². The minimum Gasteiger partial charge on any atom is -0.353 e. The third-order valence-corrected chi connectivity index (χ3v) is 6.77. The van der Waals surface area contributed by atoms with Gasteiger partial charge in [-0.25, -0.2) is 8.42 Å². The molecule has 0 radical (unpaired) electrons. The van der Waals surface area contributed by atoms with E-state index in [-0.39, 0.29) is 16.8 Å².